The van der Waals surface area contributed by atoms with Crippen LogP contribution in [0.2, 0.25) is 0 Å². The molecule has 32 heavy (non-hydrogen) atoms. The highest BCUT2D eigenvalue weighted by atomic mass is 16.5. The van der Waals surface area contributed by atoms with Gasteiger partial charge in [0, 0.05) is 13.0 Å². The third-order valence-corrected chi connectivity index (χ3v) is 5.77. The van der Waals surface area contributed by atoms with Crippen LogP contribution in [-0.2, 0) is 9.59 Å². The Morgan fingerprint density at radius 2 is 1.84 bits per heavy atom. The Morgan fingerprint density at radius 1 is 1.12 bits per heavy atom. The number of nitrogens with one attached hydrogen (secondary N) is 1. The summed E-state index contributed by atoms with van der Waals surface area (Å²) in [7, 11) is 0. The molecule has 0 radical (unpaired) electrons. The average molecular weight is 433 g/mol. The number of carbonyl (C=O) groups excluding carboxylic acids is 2. The van der Waals surface area contributed by atoms with Crippen molar-refractivity contribution >= 4 is 23.2 Å². The lowest BCUT2D eigenvalue weighted by Gasteiger charge is -2.20. The van der Waals surface area contributed by atoms with Crippen molar-refractivity contribution in [2.45, 2.75) is 34.1 Å². The highest BCUT2D eigenvalue weighted by Gasteiger charge is 2.36. The number of nitrogens with zero attached hydrogens (tertiary/aromatic N) is 3. The Hall–Kier alpha value is -3.61. The zero-order chi connectivity index (χ0) is 22.8. The molecule has 3 aromatic rings. The van der Waals surface area contributed by atoms with Crippen molar-refractivity contribution in [1.29, 1.82) is 0 Å². The summed E-state index contributed by atoms with van der Waals surface area (Å²) >= 11 is 0. The van der Waals surface area contributed by atoms with Crippen molar-refractivity contribution in [3.8, 4) is 11.4 Å². The summed E-state index contributed by atoms with van der Waals surface area (Å²) in [5, 5.41) is 7.63. The van der Waals surface area contributed by atoms with Gasteiger partial charge in [0.2, 0.25) is 11.8 Å². The third kappa shape index (κ3) is 4.10. The van der Waals surface area contributed by atoms with Crippen molar-refractivity contribution in [1.82, 2.24) is 9.78 Å². The van der Waals surface area contributed by atoms with E-state index in [0.29, 0.717) is 30.3 Å². The Kier molecular flexibility index (Phi) is 5.99. The highest BCUT2D eigenvalue weighted by molar-refractivity contribution is 6.04. The van der Waals surface area contributed by atoms with Crippen molar-refractivity contribution in [3.63, 3.8) is 0 Å². The summed E-state index contributed by atoms with van der Waals surface area (Å²) in [6.07, 6.45) is 0.163. The molecule has 1 aliphatic rings. The van der Waals surface area contributed by atoms with Gasteiger partial charge in [0.25, 0.3) is 0 Å². The number of benzene rings is 2. The van der Waals surface area contributed by atoms with Crippen LogP contribution in [0.1, 0.15) is 30.3 Å². The zero-order valence-electron chi connectivity index (χ0n) is 18.9. The molecule has 7 nitrogen and oxygen atoms in total. The molecule has 1 atom stereocenters. The lowest BCUT2D eigenvalue weighted by atomic mass is 10.1. The number of rotatable bonds is 6. The van der Waals surface area contributed by atoms with Gasteiger partial charge < -0.3 is 15.0 Å². The Bertz CT molecular complexity index is 1150. The van der Waals surface area contributed by atoms with Gasteiger partial charge in [0.1, 0.15) is 5.75 Å². The number of aryl methyl sites for hydroxylation is 2. The third-order valence-electron chi connectivity index (χ3n) is 5.77. The van der Waals surface area contributed by atoms with Crippen molar-refractivity contribution in [2.75, 3.05) is 23.4 Å². The van der Waals surface area contributed by atoms with Gasteiger partial charge >= 0.3 is 0 Å². The fraction of sp³-hybridized carbons (Fsp3) is 0.320. The molecule has 1 N–H and O–H groups in total. The highest BCUT2D eigenvalue weighted by Crippen LogP contribution is 2.34. The molecule has 2 aromatic carbocycles. The van der Waals surface area contributed by atoms with Crippen LogP contribution in [0.25, 0.3) is 5.69 Å². The van der Waals surface area contributed by atoms with E-state index in [0.717, 1.165) is 17.1 Å². The van der Waals surface area contributed by atoms with Crippen LogP contribution in [0.5, 0.6) is 5.75 Å². The van der Waals surface area contributed by atoms with Crippen molar-refractivity contribution < 1.29 is 14.3 Å². The number of carbonyl (C=O) groups is 2. The second-order valence-corrected chi connectivity index (χ2v) is 8.09. The largest absolute Gasteiger partial charge is 0.492 e. The second-order valence-electron chi connectivity index (χ2n) is 8.09. The monoisotopic (exact) mass is 432 g/mol. The molecule has 0 aliphatic carbocycles. The maximum absolute atomic E-state index is 13.1. The molecule has 0 spiro atoms. The molecular weight excluding hydrogens is 404 g/mol. The van der Waals surface area contributed by atoms with Crippen LogP contribution in [0, 0.1) is 26.7 Å². The standard InChI is InChI=1S/C25H28N4O3/c1-5-32-22-9-7-6-8-21(22)28-15-19(14-23(28)30)25(31)26-24-17(3)27-29(18(24)4)20-12-10-16(2)11-13-20/h6-13,19H,5,14-15H2,1-4H3,(H,26,31). The number of para-hydroxylation sites is 2. The molecule has 1 unspecified atom stereocenters. The SMILES string of the molecule is CCOc1ccccc1N1CC(C(=O)Nc2c(C)nn(-c3ccc(C)cc3)c2C)CC1=O. The minimum Gasteiger partial charge on any atom is -0.492 e. The topological polar surface area (TPSA) is 76.5 Å². The summed E-state index contributed by atoms with van der Waals surface area (Å²) in [6.45, 7) is 8.57. The van der Waals surface area contributed by atoms with E-state index in [1.165, 1.54) is 5.56 Å². The summed E-state index contributed by atoms with van der Waals surface area (Å²) in [6, 6.07) is 15.5. The van der Waals surface area contributed by atoms with E-state index in [9.17, 15) is 9.59 Å². The van der Waals surface area contributed by atoms with Gasteiger partial charge in [-0.3, -0.25) is 9.59 Å². The first-order valence-corrected chi connectivity index (χ1v) is 10.8. The number of hydrogen-bond acceptors (Lipinski definition) is 4. The van der Waals surface area contributed by atoms with E-state index >= 15 is 0 Å². The fourth-order valence-corrected chi connectivity index (χ4v) is 4.06. The molecule has 0 bridgehead atoms. The number of aromatic nitrogens is 2. The van der Waals surface area contributed by atoms with Crippen LogP contribution in [-0.4, -0.2) is 34.7 Å². The predicted octanol–water partition coefficient (Wildman–Crippen LogP) is 4.19. The molecule has 1 aliphatic heterocycles. The maximum atomic E-state index is 13.1. The van der Waals surface area contributed by atoms with E-state index in [4.69, 9.17) is 4.74 Å². The minimum atomic E-state index is -0.446. The van der Waals surface area contributed by atoms with Gasteiger partial charge in [-0.1, -0.05) is 29.8 Å². The second kappa shape index (κ2) is 8.86. The zero-order valence-corrected chi connectivity index (χ0v) is 18.9. The summed E-state index contributed by atoms with van der Waals surface area (Å²) in [4.78, 5) is 27.5. The van der Waals surface area contributed by atoms with Gasteiger partial charge in [-0.15, -0.1) is 0 Å². The number of anilines is 2. The van der Waals surface area contributed by atoms with E-state index in [1.54, 1.807) is 4.90 Å². The fourth-order valence-electron chi connectivity index (χ4n) is 4.06. The summed E-state index contributed by atoms with van der Waals surface area (Å²) in [5.74, 6) is -0.0559. The summed E-state index contributed by atoms with van der Waals surface area (Å²) < 4.78 is 7.50. The number of hydrogen-bond donors (Lipinski definition) is 1. The van der Waals surface area contributed by atoms with E-state index in [1.807, 2.05) is 80.9 Å². The van der Waals surface area contributed by atoms with Crippen LogP contribution >= 0.6 is 0 Å². The first-order valence-electron chi connectivity index (χ1n) is 10.8. The van der Waals surface area contributed by atoms with Crippen LogP contribution in [0.3, 0.4) is 0 Å². The van der Waals surface area contributed by atoms with Gasteiger partial charge in [-0.05, 0) is 52.0 Å². The maximum Gasteiger partial charge on any atom is 0.229 e. The van der Waals surface area contributed by atoms with Gasteiger partial charge in [-0.2, -0.15) is 5.10 Å². The molecule has 1 fully saturated rings. The lowest BCUT2D eigenvalue weighted by Crippen LogP contribution is -2.28. The van der Waals surface area contributed by atoms with Crippen molar-refractivity contribution in [3.05, 3.63) is 65.5 Å². The molecular formula is C25H28N4O3. The molecule has 166 valence electrons. The molecule has 0 saturated carbocycles. The molecule has 2 amide bonds. The molecule has 1 aromatic heterocycles. The van der Waals surface area contributed by atoms with Gasteiger partial charge in [0.15, 0.2) is 0 Å². The van der Waals surface area contributed by atoms with E-state index in [-0.39, 0.29) is 18.2 Å². The summed E-state index contributed by atoms with van der Waals surface area (Å²) in [5.41, 5.74) is 5.09. The molecule has 1 saturated heterocycles. The quantitative estimate of drug-likeness (QED) is 0.634. The lowest BCUT2D eigenvalue weighted by molar-refractivity contribution is -0.122. The Balaban J connectivity index is 1.52. The molecule has 7 heteroatoms. The van der Waals surface area contributed by atoms with Gasteiger partial charge in [-0.25, -0.2) is 4.68 Å². The average Bonchev–Trinajstić information content (AvgIpc) is 3.30. The van der Waals surface area contributed by atoms with Crippen LogP contribution < -0.4 is 15.0 Å². The normalized spacial score (nSPS) is 15.8. The van der Waals surface area contributed by atoms with Crippen molar-refractivity contribution in [2.24, 2.45) is 5.92 Å². The van der Waals surface area contributed by atoms with Crippen LogP contribution in [0.4, 0.5) is 11.4 Å². The smallest absolute Gasteiger partial charge is 0.229 e. The number of amides is 2. The molecule has 4 rings (SSSR count). The Labute approximate surface area is 188 Å². The minimum absolute atomic E-state index is 0.0823. The molecule has 2 heterocycles. The van der Waals surface area contributed by atoms with E-state index < -0.39 is 5.92 Å². The first kappa shape index (κ1) is 21.6. The first-order chi connectivity index (χ1) is 15.4. The van der Waals surface area contributed by atoms with E-state index in [2.05, 4.69) is 10.4 Å². The van der Waals surface area contributed by atoms with Gasteiger partial charge in [0.05, 0.1) is 41.0 Å². The Morgan fingerprint density at radius 3 is 2.56 bits per heavy atom. The van der Waals surface area contributed by atoms with Crippen LogP contribution in [0.15, 0.2) is 48.5 Å². The number of ether oxygens (including phenoxy) is 1. The predicted molar refractivity (Wildman–Crippen MR) is 124 cm³/mol.